The van der Waals surface area contributed by atoms with E-state index in [9.17, 15) is 5.11 Å². The van der Waals surface area contributed by atoms with Gasteiger partial charge in [0.1, 0.15) is 0 Å². The second-order valence-electron chi connectivity index (χ2n) is 8.48. The maximum Gasteiger partial charge on any atom is 0.0823 e. The van der Waals surface area contributed by atoms with E-state index < -0.39 is 11.0 Å². The molecule has 0 amide bonds. The minimum atomic E-state index is -0.889. The standard InChI is InChI=1S/C22H34O2/c1-9-12-21(16(3)15-24-8)20(7)14-11-18(19(5,6)17(20)4)22(21,23)13-10-2/h9-10,15,18,23H,1-2,4,11-14H2,3,5-8H3/b16-15-/t18-,20+,21-,22+/m1/s1. The molecule has 0 aliphatic heterocycles. The zero-order chi connectivity index (χ0) is 18.4. The monoisotopic (exact) mass is 330 g/mol. The summed E-state index contributed by atoms with van der Waals surface area (Å²) in [5.41, 5.74) is 0.629. The fourth-order valence-corrected chi connectivity index (χ4v) is 6.32. The lowest BCUT2D eigenvalue weighted by atomic mass is 9.32. The van der Waals surface area contributed by atoms with Crippen LogP contribution in [0.5, 0.6) is 0 Å². The van der Waals surface area contributed by atoms with Crippen LogP contribution in [-0.4, -0.2) is 17.8 Å². The Kier molecular flexibility index (Phi) is 4.69. The van der Waals surface area contributed by atoms with Gasteiger partial charge < -0.3 is 9.84 Å². The minimum absolute atomic E-state index is 0.108. The molecular weight excluding hydrogens is 296 g/mol. The maximum absolute atomic E-state index is 12.2. The van der Waals surface area contributed by atoms with Crippen LogP contribution in [0.25, 0.3) is 0 Å². The first-order valence-corrected chi connectivity index (χ1v) is 8.94. The van der Waals surface area contributed by atoms with Crippen molar-refractivity contribution in [3.8, 4) is 0 Å². The third kappa shape index (κ3) is 1.98. The van der Waals surface area contributed by atoms with Crippen molar-refractivity contribution >= 4 is 0 Å². The molecule has 0 saturated heterocycles. The van der Waals surface area contributed by atoms with E-state index in [0.717, 1.165) is 18.4 Å². The van der Waals surface area contributed by atoms with Crippen molar-refractivity contribution < 1.29 is 9.84 Å². The molecule has 0 radical (unpaired) electrons. The number of aliphatic hydroxyl groups is 1. The smallest absolute Gasteiger partial charge is 0.0823 e. The van der Waals surface area contributed by atoms with E-state index in [1.54, 1.807) is 13.4 Å². The van der Waals surface area contributed by atoms with Gasteiger partial charge in [-0.05, 0) is 49.5 Å². The molecule has 3 fully saturated rings. The van der Waals surface area contributed by atoms with Gasteiger partial charge in [0.2, 0.25) is 0 Å². The third-order valence-electron chi connectivity index (χ3n) is 7.38. The lowest BCUT2D eigenvalue weighted by molar-refractivity contribution is -0.236. The van der Waals surface area contributed by atoms with Crippen LogP contribution in [0.15, 0.2) is 49.3 Å². The molecule has 3 aliphatic carbocycles. The molecule has 2 heteroatoms. The van der Waals surface area contributed by atoms with Crippen molar-refractivity contribution in [1.29, 1.82) is 0 Å². The molecule has 134 valence electrons. The lowest BCUT2D eigenvalue weighted by Gasteiger charge is -2.73. The van der Waals surface area contributed by atoms with Crippen LogP contribution in [-0.2, 0) is 4.74 Å². The van der Waals surface area contributed by atoms with Gasteiger partial charge in [-0.3, -0.25) is 0 Å². The van der Waals surface area contributed by atoms with E-state index in [-0.39, 0.29) is 16.7 Å². The van der Waals surface area contributed by atoms with Crippen molar-refractivity contribution in [2.75, 3.05) is 7.11 Å². The first-order valence-electron chi connectivity index (χ1n) is 8.94. The number of methoxy groups -OCH3 is 1. The summed E-state index contributed by atoms with van der Waals surface area (Å²) < 4.78 is 5.38. The minimum Gasteiger partial charge on any atom is -0.504 e. The topological polar surface area (TPSA) is 29.5 Å². The zero-order valence-electron chi connectivity index (χ0n) is 16.1. The Hall–Kier alpha value is -1.28. The predicted molar refractivity (Wildman–Crippen MR) is 102 cm³/mol. The van der Waals surface area contributed by atoms with E-state index in [0.29, 0.717) is 12.8 Å². The number of fused-ring (bicyclic) bond motifs is 3. The first-order chi connectivity index (χ1) is 11.1. The summed E-state index contributed by atoms with van der Waals surface area (Å²) in [6.07, 6.45) is 8.89. The molecule has 0 aromatic heterocycles. The predicted octanol–water partition coefficient (Wildman–Crippen LogP) is 5.42. The van der Waals surface area contributed by atoms with Crippen LogP contribution < -0.4 is 0 Å². The van der Waals surface area contributed by atoms with Crippen LogP contribution in [0, 0.1) is 22.2 Å². The number of hydrogen-bond acceptors (Lipinski definition) is 2. The molecule has 24 heavy (non-hydrogen) atoms. The van der Waals surface area contributed by atoms with Gasteiger partial charge >= 0.3 is 0 Å². The van der Waals surface area contributed by atoms with E-state index in [4.69, 9.17) is 4.74 Å². The Labute approximate surface area is 148 Å². The molecule has 0 aromatic carbocycles. The normalized spacial score (nSPS) is 41.2. The second kappa shape index (κ2) is 5.91. The van der Waals surface area contributed by atoms with Crippen LogP contribution in [0.4, 0.5) is 0 Å². The molecule has 1 N–H and O–H groups in total. The fourth-order valence-electron chi connectivity index (χ4n) is 6.32. The quantitative estimate of drug-likeness (QED) is 0.520. The SMILES string of the molecule is C=CC[C@@]1(/C(C)=C\OC)[C@@]2(C)CC[C@H](C(C)(C)C2=C)[C@@]1(O)CC=C. The van der Waals surface area contributed by atoms with Crippen LogP contribution in [0.3, 0.4) is 0 Å². The maximum atomic E-state index is 12.2. The summed E-state index contributed by atoms with van der Waals surface area (Å²) in [6, 6.07) is 0. The number of hydrogen-bond donors (Lipinski definition) is 1. The summed E-state index contributed by atoms with van der Waals surface area (Å²) in [7, 11) is 1.67. The third-order valence-corrected chi connectivity index (χ3v) is 7.38. The van der Waals surface area contributed by atoms with E-state index in [2.05, 4.69) is 47.4 Å². The molecule has 2 bridgehead atoms. The molecule has 4 atom stereocenters. The highest BCUT2D eigenvalue weighted by molar-refractivity contribution is 5.42. The average Bonchev–Trinajstić information content (AvgIpc) is 2.49. The highest BCUT2D eigenvalue weighted by Gasteiger charge is 2.73. The van der Waals surface area contributed by atoms with Gasteiger partial charge in [-0.15, -0.1) is 13.2 Å². The van der Waals surface area contributed by atoms with Gasteiger partial charge in [-0.2, -0.15) is 0 Å². The van der Waals surface area contributed by atoms with Crippen molar-refractivity contribution in [3.63, 3.8) is 0 Å². The van der Waals surface area contributed by atoms with Gasteiger partial charge in [0, 0.05) is 10.8 Å². The zero-order valence-corrected chi connectivity index (χ0v) is 16.1. The summed E-state index contributed by atoms with van der Waals surface area (Å²) in [5, 5.41) is 12.2. The molecule has 2 nitrogen and oxygen atoms in total. The van der Waals surface area contributed by atoms with Crippen LogP contribution in [0.1, 0.15) is 53.4 Å². The van der Waals surface area contributed by atoms with Gasteiger partial charge in [0.15, 0.2) is 0 Å². The van der Waals surface area contributed by atoms with Gasteiger partial charge in [0.05, 0.1) is 19.0 Å². The molecule has 0 heterocycles. The Bertz CT molecular complexity index is 585. The van der Waals surface area contributed by atoms with Crippen LogP contribution in [0.2, 0.25) is 0 Å². The van der Waals surface area contributed by atoms with Gasteiger partial charge in [-0.1, -0.05) is 45.1 Å². The summed E-state index contributed by atoms with van der Waals surface area (Å²) >= 11 is 0. The van der Waals surface area contributed by atoms with E-state index in [1.165, 1.54) is 5.57 Å². The highest BCUT2D eigenvalue weighted by atomic mass is 16.5. The Morgan fingerprint density at radius 1 is 1.25 bits per heavy atom. The fraction of sp³-hybridized carbons (Fsp3) is 0.636. The van der Waals surface area contributed by atoms with Gasteiger partial charge in [-0.25, -0.2) is 0 Å². The van der Waals surface area contributed by atoms with Crippen LogP contribution >= 0.6 is 0 Å². The molecular formula is C22H34O2. The molecule has 0 unspecified atom stereocenters. The van der Waals surface area contributed by atoms with Crippen molar-refractivity contribution in [2.24, 2.45) is 22.2 Å². The molecule has 0 spiro atoms. The Morgan fingerprint density at radius 2 is 1.83 bits per heavy atom. The lowest BCUT2D eigenvalue weighted by Crippen LogP contribution is -2.72. The van der Waals surface area contributed by atoms with Crippen molar-refractivity contribution in [1.82, 2.24) is 0 Å². The van der Waals surface area contributed by atoms with E-state index in [1.807, 2.05) is 12.2 Å². The average molecular weight is 331 g/mol. The molecule has 3 aliphatic rings. The molecule has 0 aromatic rings. The summed E-state index contributed by atoms with van der Waals surface area (Å²) in [4.78, 5) is 0. The summed E-state index contributed by atoms with van der Waals surface area (Å²) in [5.74, 6) is 0.137. The number of rotatable bonds is 6. The van der Waals surface area contributed by atoms with Crippen molar-refractivity contribution in [3.05, 3.63) is 49.3 Å². The Morgan fingerprint density at radius 3 is 2.33 bits per heavy atom. The Balaban J connectivity index is 2.87. The number of ether oxygens (including phenoxy) is 1. The first kappa shape index (κ1) is 19.1. The largest absolute Gasteiger partial charge is 0.504 e. The summed E-state index contributed by atoms with van der Waals surface area (Å²) in [6.45, 7) is 21.3. The van der Waals surface area contributed by atoms with Gasteiger partial charge in [0.25, 0.3) is 0 Å². The molecule has 3 saturated carbocycles. The van der Waals surface area contributed by atoms with Crippen molar-refractivity contribution in [2.45, 2.75) is 59.0 Å². The molecule has 3 rings (SSSR count). The highest BCUT2D eigenvalue weighted by Crippen LogP contribution is 2.76. The van der Waals surface area contributed by atoms with E-state index >= 15 is 0 Å². The second-order valence-corrected chi connectivity index (χ2v) is 8.48. The number of allylic oxidation sites excluding steroid dienone is 2.